The molecule has 5 nitrogen and oxygen atoms in total. The first-order chi connectivity index (χ1) is 9.50. The van der Waals surface area contributed by atoms with Crippen LogP contribution in [0.4, 0.5) is 13.6 Å². The number of ether oxygens (including phenoxy) is 2. The van der Waals surface area contributed by atoms with Crippen molar-refractivity contribution < 1.29 is 27.8 Å². The summed E-state index contributed by atoms with van der Waals surface area (Å²) in [6.45, 7) is 6.78. The number of carbonyl (C=O) groups is 2. The van der Waals surface area contributed by atoms with Gasteiger partial charge in [-0.1, -0.05) is 0 Å². The lowest BCUT2D eigenvalue weighted by Gasteiger charge is -2.38. The Hall–Kier alpha value is -1.40. The molecule has 0 aromatic carbocycles. The van der Waals surface area contributed by atoms with Crippen LogP contribution in [-0.2, 0) is 14.3 Å². The zero-order valence-electron chi connectivity index (χ0n) is 12.9. The first kappa shape index (κ1) is 17.7. The highest BCUT2D eigenvalue weighted by Gasteiger charge is 2.50. The van der Waals surface area contributed by atoms with Gasteiger partial charge in [0.05, 0.1) is 6.61 Å². The molecule has 0 unspecified atom stereocenters. The molecule has 0 aliphatic heterocycles. The third kappa shape index (κ3) is 5.13. The summed E-state index contributed by atoms with van der Waals surface area (Å²) in [5, 5.41) is 2.44. The van der Waals surface area contributed by atoms with E-state index in [1.165, 1.54) is 0 Å². The zero-order valence-corrected chi connectivity index (χ0v) is 12.9. The molecule has 1 rings (SSSR count). The summed E-state index contributed by atoms with van der Waals surface area (Å²) in [6.07, 6.45) is -2.08. The highest BCUT2D eigenvalue weighted by atomic mass is 19.3. The van der Waals surface area contributed by atoms with E-state index < -0.39 is 42.0 Å². The van der Waals surface area contributed by atoms with Crippen molar-refractivity contribution in [3.8, 4) is 0 Å². The van der Waals surface area contributed by atoms with Gasteiger partial charge < -0.3 is 14.8 Å². The first-order valence-corrected chi connectivity index (χ1v) is 7.06. The van der Waals surface area contributed by atoms with Crippen LogP contribution in [0.3, 0.4) is 0 Å². The number of rotatable bonds is 3. The number of halogens is 2. The van der Waals surface area contributed by atoms with E-state index in [-0.39, 0.29) is 19.4 Å². The number of alkyl halides is 2. The highest BCUT2D eigenvalue weighted by Crippen LogP contribution is 2.39. The lowest BCUT2D eigenvalue weighted by atomic mass is 9.80. The van der Waals surface area contributed by atoms with Gasteiger partial charge in [-0.25, -0.2) is 18.4 Å². The summed E-state index contributed by atoms with van der Waals surface area (Å²) in [6, 6.07) is 0. The van der Waals surface area contributed by atoms with Gasteiger partial charge >= 0.3 is 12.1 Å². The summed E-state index contributed by atoms with van der Waals surface area (Å²) < 4.78 is 36.6. The molecular weight excluding hydrogens is 284 g/mol. The Kier molecular flexibility index (Phi) is 5.17. The fourth-order valence-corrected chi connectivity index (χ4v) is 2.19. The predicted molar refractivity (Wildman–Crippen MR) is 72.1 cm³/mol. The Bertz CT molecular complexity index is 394. The smallest absolute Gasteiger partial charge is 0.408 e. The maximum atomic E-state index is 13.3. The van der Waals surface area contributed by atoms with Gasteiger partial charge in [0, 0.05) is 12.8 Å². The van der Waals surface area contributed by atoms with E-state index in [2.05, 4.69) is 5.32 Å². The third-order valence-electron chi connectivity index (χ3n) is 3.24. The summed E-state index contributed by atoms with van der Waals surface area (Å²) in [5.74, 6) is -3.50. The summed E-state index contributed by atoms with van der Waals surface area (Å²) in [7, 11) is 0. The second-order valence-corrected chi connectivity index (χ2v) is 6.29. The number of alkyl carbamates (subject to hydrolysis) is 1. The van der Waals surface area contributed by atoms with Crippen LogP contribution in [0.25, 0.3) is 0 Å². The number of hydrogen-bond donors (Lipinski definition) is 1. The van der Waals surface area contributed by atoms with Crippen LogP contribution in [0.2, 0.25) is 0 Å². The van der Waals surface area contributed by atoms with Crippen LogP contribution in [0.1, 0.15) is 53.4 Å². The van der Waals surface area contributed by atoms with Gasteiger partial charge in [-0.2, -0.15) is 0 Å². The molecule has 0 saturated heterocycles. The molecule has 0 atom stereocenters. The van der Waals surface area contributed by atoms with E-state index in [1.807, 2.05) is 0 Å². The Morgan fingerprint density at radius 2 is 1.67 bits per heavy atom. The minimum absolute atomic E-state index is 0.118. The van der Waals surface area contributed by atoms with Crippen molar-refractivity contribution >= 4 is 12.1 Å². The van der Waals surface area contributed by atoms with E-state index in [4.69, 9.17) is 9.47 Å². The fourth-order valence-electron chi connectivity index (χ4n) is 2.19. The standard InChI is InChI=1S/C14H23F2NO4/c1-5-20-10(18)13(6-8-14(15,16)9-7-13)17-11(19)21-12(2,3)4/h5-9H2,1-4H3,(H,17,19). The number of amides is 1. The number of hydrogen-bond acceptors (Lipinski definition) is 4. The van der Waals surface area contributed by atoms with E-state index >= 15 is 0 Å². The van der Waals surface area contributed by atoms with Crippen LogP contribution < -0.4 is 5.32 Å². The van der Waals surface area contributed by atoms with Gasteiger partial charge in [0.25, 0.3) is 0 Å². The van der Waals surface area contributed by atoms with Gasteiger partial charge in [-0.05, 0) is 40.5 Å². The van der Waals surface area contributed by atoms with E-state index in [9.17, 15) is 18.4 Å². The van der Waals surface area contributed by atoms with Crippen LogP contribution in [0, 0.1) is 0 Å². The molecule has 0 aromatic rings. The van der Waals surface area contributed by atoms with Crippen molar-refractivity contribution in [1.29, 1.82) is 0 Å². The molecule has 1 amide bonds. The third-order valence-corrected chi connectivity index (χ3v) is 3.24. The average Bonchev–Trinajstić information content (AvgIpc) is 2.30. The molecule has 1 N–H and O–H groups in total. The monoisotopic (exact) mass is 307 g/mol. The molecule has 1 aliphatic carbocycles. The molecule has 0 bridgehead atoms. The first-order valence-electron chi connectivity index (χ1n) is 7.06. The van der Waals surface area contributed by atoms with E-state index in [0.29, 0.717) is 0 Å². The van der Waals surface area contributed by atoms with Crippen LogP contribution in [-0.4, -0.2) is 35.7 Å². The molecule has 1 fully saturated rings. The van der Waals surface area contributed by atoms with Crippen molar-refractivity contribution in [1.82, 2.24) is 5.32 Å². The molecule has 122 valence electrons. The lowest BCUT2D eigenvalue weighted by molar-refractivity contribution is -0.156. The molecule has 0 aromatic heterocycles. The quantitative estimate of drug-likeness (QED) is 0.814. The molecule has 21 heavy (non-hydrogen) atoms. The number of carbonyl (C=O) groups excluding carboxylic acids is 2. The largest absolute Gasteiger partial charge is 0.464 e. The second kappa shape index (κ2) is 6.15. The van der Waals surface area contributed by atoms with Gasteiger partial charge in [0.2, 0.25) is 5.92 Å². The number of nitrogens with one attached hydrogen (secondary N) is 1. The molecule has 1 saturated carbocycles. The number of esters is 1. The summed E-state index contributed by atoms with van der Waals surface area (Å²) in [4.78, 5) is 24.0. The average molecular weight is 307 g/mol. The highest BCUT2D eigenvalue weighted by molar-refractivity contribution is 5.86. The normalized spacial score (nSPS) is 20.5. The maximum absolute atomic E-state index is 13.3. The SMILES string of the molecule is CCOC(=O)C1(NC(=O)OC(C)(C)C)CCC(F)(F)CC1. The topological polar surface area (TPSA) is 64.6 Å². The zero-order chi connectivity index (χ0) is 16.3. The summed E-state index contributed by atoms with van der Waals surface area (Å²) >= 11 is 0. The van der Waals surface area contributed by atoms with E-state index in [1.54, 1.807) is 27.7 Å². The van der Waals surface area contributed by atoms with Crippen LogP contribution >= 0.6 is 0 Å². The minimum atomic E-state index is -2.81. The van der Waals surface area contributed by atoms with E-state index in [0.717, 1.165) is 0 Å². The van der Waals surface area contributed by atoms with Crippen molar-refractivity contribution in [2.75, 3.05) is 6.61 Å². The van der Waals surface area contributed by atoms with Crippen molar-refractivity contribution in [2.45, 2.75) is 70.4 Å². The van der Waals surface area contributed by atoms with Crippen LogP contribution in [0.15, 0.2) is 0 Å². The van der Waals surface area contributed by atoms with Gasteiger partial charge in [0.15, 0.2) is 0 Å². The van der Waals surface area contributed by atoms with Crippen molar-refractivity contribution in [3.63, 3.8) is 0 Å². The molecular formula is C14H23F2NO4. The predicted octanol–water partition coefficient (Wildman–Crippen LogP) is 3.02. The minimum Gasteiger partial charge on any atom is -0.464 e. The molecule has 1 aliphatic rings. The second-order valence-electron chi connectivity index (χ2n) is 6.29. The van der Waals surface area contributed by atoms with Crippen LogP contribution in [0.5, 0.6) is 0 Å². The van der Waals surface area contributed by atoms with Gasteiger partial charge in [-0.15, -0.1) is 0 Å². The molecule has 7 heteroatoms. The Balaban J connectivity index is 2.84. The van der Waals surface area contributed by atoms with Gasteiger partial charge in [-0.3, -0.25) is 0 Å². The Labute approximate surface area is 123 Å². The van der Waals surface area contributed by atoms with Crippen molar-refractivity contribution in [3.05, 3.63) is 0 Å². The van der Waals surface area contributed by atoms with Crippen molar-refractivity contribution in [2.24, 2.45) is 0 Å². The Morgan fingerprint density at radius 3 is 2.10 bits per heavy atom. The molecule has 0 radical (unpaired) electrons. The molecule has 0 spiro atoms. The Morgan fingerprint density at radius 1 is 1.14 bits per heavy atom. The lowest BCUT2D eigenvalue weighted by Crippen LogP contribution is -2.59. The van der Waals surface area contributed by atoms with Gasteiger partial charge in [0.1, 0.15) is 11.1 Å². The maximum Gasteiger partial charge on any atom is 0.408 e. The summed E-state index contributed by atoms with van der Waals surface area (Å²) in [5.41, 5.74) is -2.17. The molecule has 0 heterocycles. The fraction of sp³-hybridized carbons (Fsp3) is 0.857.